The van der Waals surface area contributed by atoms with Gasteiger partial charge in [-0.1, -0.05) is 30.3 Å². The number of aryl methyl sites for hydroxylation is 2. The summed E-state index contributed by atoms with van der Waals surface area (Å²) in [6, 6.07) is 15.3. The average Bonchev–Trinajstić information content (AvgIpc) is 2.65. The van der Waals surface area contributed by atoms with Gasteiger partial charge >= 0.3 is 0 Å². The van der Waals surface area contributed by atoms with Crippen molar-refractivity contribution < 1.29 is 13.2 Å². The summed E-state index contributed by atoms with van der Waals surface area (Å²) in [5, 5.41) is 0. The fraction of sp³-hybridized carbons (Fsp3) is 0.400. The van der Waals surface area contributed by atoms with E-state index in [1.165, 1.54) is 0 Å². The highest BCUT2D eigenvalue weighted by molar-refractivity contribution is 7.89. The summed E-state index contributed by atoms with van der Waals surface area (Å²) in [5.41, 5.74) is 1.76. The Hall–Kier alpha value is -1.89. The number of para-hydroxylation sites is 1. The number of rotatable bonds is 6. The van der Waals surface area contributed by atoms with E-state index in [9.17, 15) is 8.42 Å². The van der Waals surface area contributed by atoms with Crippen molar-refractivity contribution in [2.75, 3.05) is 39.3 Å². The highest BCUT2D eigenvalue weighted by Crippen LogP contribution is 2.22. The van der Waals surface area contributed by atoms with Gasteiger partial charge in [0.15, 0.2) is 0 Å². The molecule has 0 atom stereocenters. The van der Waals surface area contributed by atoms with Gasteiger partial charge in [0.2, 0.25) is 10.0 Å². The predicted molar refractivity (Wildman–Crippen MR) is 103 cm³/mol. The molecule has 1 heterocycles. The highest BCUT2D eigenvalue weighted by Gasteiger charge is 2.29. The van der Waals surface area contributed by atoms with Crippen LogP contribution in [0.5, 0.6) is 5.75 Å². The number of hydrogen-bond acceptors (Lipinski definition) is 4. The molecule has 1 aliphatic heterocycles. The lowest BCUT2D eigenvalue weighted by Crippen LogP contribution is -2.49. The van der Waals surface area contributed by atoms with Gasteiger partial charge in [-0.2, -0.15) is 4.31 Å². The van der Waals surface area contributed by atoms with Gasteiger partial charge in [-0.3, -0.25) is 4.90 Å². The summed E-state index contributed by atoms with van der Waals surface area (Å²) >= 11 is 0. The maximum Gasteiger partial charge on any atom is 0.243 e. The standard InChI is InChI=1S/C20H26N2O3S/c1-17-8-9-18(2)20(16-17)26(23,24)22-12-10-21(11-13-22)14-15-25-19-6-4-3-5-7-19/h3-9,16H,10-15H2,1-2H3. The first-order valence-electron chi connectivity index (χ1n) is 8.94. The highest BCUT2D eigenvalue weighted by atomic mass is 32.2. The van der Waals surface area contributed by atoms with Crippen LogP contribution in [0.15, 0.2) is 53.4 Å². The van der Waals surface area contributed by atoms with E-state index >= 15 is 0 Å². The van der Waals surface area contributed by atoms with Crippen LogP contribution in [0.4, 0.5) is 0 Å². The van der Waals surface area contributed by atoms with Crippen molar-refractivity contribution in [2.24, 2.45) is 0 Å². The fourth-order valence-corrected chi connectivity index (χ4v) is 4.86. The molecule has 140 valence electrons. The first-order chi connectivity index (χ1) is 12.5. The molecule has 0 N–H and O–H groups in total. The summed E-state index contributed by atoms with van der Waals surface area (Å²) in [6.07, 6.45) is 0. The monoisotopic (exact) mass is 374 g/mol. The van der Waals surface area contributed by atoms with Gasteiger partial charge in [0.25, 0.3) is 0 Å². The minimum absolute atomic E-state index is 0.429. The quantitative estimate of drug-likeness (QED) is 0.780. The molecule has 1 saturated heterocycles. The summed E-state index contributed by atoms with van der Waals surface area (Å²) in [6.45, 7) is 7.65. The third-order valence-electron chi connectivity index (χ3n) is 4.71. The van der Waals surface area contributed by atoms with E-state index < -0.39 is 10.0 Å². The van der Waals surface area contributed by atoms with Gasteiger partial charge in [0.05, 0.1) is 4.90 Å². The number of benzene rings is 2. The Morgan fingerprint density at radius 2 is 1.65 bits per heavy atom. The molecule has 0 spiro atoms. The molecule has 0 aromatic heterocycles. The van der Waals surface area contributed by atoms with Crippen molar-refractivity contribution in [3.8, 4) is 5.75 Å². The zero-order valence-corrected chi connectivity index (χ0v) is 16.2. The van der Waals surface area contributed by atoms with Crippen molar-refractivity contribution in [1.29, 1.82) is 0 Å². The second-order valence-corrected chi connectivity index (χ2v) is 8.58. The molecule has 26 heavy (non-hydrogen) atoms. The van der Waals surface area contributed by atoms with E-state index in [-0.39, 0.29) is 0 Å². The molecular formula is C20H26N2O3S. The summed E-state index contributed by atoms with van der Waals surface area (Å²) in [4.78, 5) is 2.68. The second-order valence-electron chi connectivity index (χ2n) is 6.68. The number of piperazine rings is 1. The van der Waals surface area contributed by atoms with Gasteiger partial charge in [-0.05, 0) is 43.2 Å². The minimum atomic E-state index is -3.43. The third kappa shape index (κ3) is 4.44. The van der Waals surface area contributed by atoms with Crippen LogP contribution in [-0.4, -0.2) is 57.0 Å². The van der Waals surface area contributed by atoms with Gasteiger partial charge in [0, 0.05) is 32.7 Å². The average molecular weight is 375 g/mol. The van der Waals surface area contributed by atoms with E-state index in [2.05, 4.69) is 4.90 Å². The van der Waals surface area contributed by atoms with Crippen LogP contribution < -0.4 is 4.74 Å². The molecule has 6 heteroatoms. The zero-order valence-electron chi connectivity index (χ0n) is 15.4. The third-order valence-corrected chi connectivity index (χ3v) is 6.75. The number of ether oxygens (including phenoxy) is 1. The Kier molecular flexibility index (Phi) is 5.96. The van der Waals surface area contributed by atoms with Crippen LogP contribution in [0, 0.1) is 13.8 Å². The van der Waals surface area contributed by atoms with Crippen molar-refractivity contribution >= 4 is 10.0 Å². The zero-order chi connectivity index (χ0) is 18.6. The fourth-order valence-electron chi connectivity index (χ4n) is 3.13. The van der Waals surface area contributed by atoms with Gasteiger partial charge in [0.1, 0.15) is 12.4 Å². The maximum atomic E-state index is 12.9. The number of hydrogen-bond donors (Lipinski definition) is 0. The summed E-state index contributed by atoms with van der Waals surface area (Å²) < 4.78 is 33.2. The lowest BCUT2D eigenvalue weighted by molar-refractivity contribution is 0.159. The molecule has 3 rings (SSSR count). The Bertz CT molecular complexity index is 829. The van der Waals surface area contributed by atoms with Crippen molar-refractivity contribution in [3.05, 3.63) is 59.7 Å². The Morgan fingerprint density at radius 1 is 0.962 bits per heavy atom. The topological polar surface area (TPSA) is 49.9 Å². The van der Waals surface area contributed by atoms with Crippen LogP contribution in [0.1, 0.15) is 11.1 Å². The molecule has 2 aromatic rings. The van der Waals surface area contributed by atoms with Crippen molar-refractivity contribution in [3.63, 3.8) is 0 Å². The van der Waals surface area contributed by atoms with Crippen LogP contribution >= 0.6 is 0 Å². The molecule has 2 aromatic carbocycles. The maximum absolute atomic E-state index is 12.9. The molecule has 0 aliphatic carbocycles. The van der Waals surface area contributed by atoms with E-state index in [1.54, 1.807) is 10.4 Å². The first-order valence-corrected chi connectivity index (χ1v) is 10.4. The van der Waals surface area contributed by atoms with E-state index in [1.807, 2.05) is 56.3 Å². The van der Waals surface area contributed by atoms with E-state index in [0.717, 1.165) is 36.5 Å². The van der Waals surface area contributed by atoms with Crippen molar-refractivity contribution in [1.82, 2.24) is 9.21 Å². The van der Waals surface area contributed by atoms with Crippen molar-refractivity contribution in [2.45, 2.75) is 18.7 Å². The second kappa shape index (κ2) is 8.20. The molecule has 0 amide bonds. The molecule has 0 saturated carbocycles. The molecule has 5 nitrogen and oxygen atoms in total. The number of nitrogens with zero attached hydrogens (tertiary/aromatic N) is 2. The minimum Gasteiger partial charge on any atom is -0.492 e. The Morgan fingerprint density at radius 3 is 2.35 bits per heavy atom. The van der Waals surface area contributed by atoms with Crippen LogP contribution in [-0.2, 0) is 10.0 Å². The van der Waals surface area contributed by atoms with Gasteiger partial charge < -0.3 is 4.74 Å². The molecule has 1 aliphatic rings. The summed E-state index contributed by atoms with van der Waals surface area (Å²) in [7, 11) is -3.43. The van der Waals surface area contributed by atoms with Crippen LogP contribution in [0.25, 0.3) is 0 Å². The Balaban J connectivity index is 1.53. The first kappa shape index (κ1) is 18.9. The van der Waals surface area contributed by atoms with Gasteiger partial charge in [-0.25, -0.2) is 8.42 Å². The molecule has 0 unspecified atom stereocenters. The van der Waals surface area contributed by atoms with Crippen LogP contribution in [0.3, 0.4) is 0 Å². The SMILES string of the molecule is Cc1ccc(C)c(S(=O)(=O)N2CCN(CCOc3ccccc3)CC2)c1. The van der Waals surface area contributed by atoms with E-state index in [4.69, 9.17) is 4.74 Å². The summed E-state index contributed by atoms with van der Waals surface area (Å²) in [5.74, 6) is 0.864. The molecule has 0 radical (unpaired) electrons. The smallest absolute Gasteiger partial charge is 0.243 e. The predicted octanol–water partition coefficient (Wildman–Crippen LogP) is 2.69. The van der Waals surface area contributed by atoms with Gasteiger partial charge in [-0.15, -0.1) is 0 Å². The molecule has 0 bridgehead atoms. The normalized spacial score (nSPS) is 16.5. The number of sulfonamides is 1. The molecule has 1 fully saturated rings. The lowest BCUT2D eigenvalue weighted by Gasteiger charge is -2.34. The van der Waals surface area contributed by atoms with Crippen LogP contribution in [0.2, 0.25) is 0 Å². The largest absolute Gasteiger partial charge is 0.492 e. The molecular weight excluding hydrogens is 348 g/mol. The van der Waals surface area contributed by atoms with E-state index in [0.29, 0.717) is 24.6 Å². The Labute approximate surface area is 156 Å². The lowest BCUT2D eigenvalue weighted by atomic mass is 10.2.